The van der Waals surface area contributed by atoms with E-state index in [2.05, 4.69) is 12.6 Å². The van der Waals surface area contributed by atoms with Crippen molar-refractivity contribution in [3.63, 3.8) is 0 Å². The van der Waals surface area contributed by atoms with E-state index in [4.69, 9.17) is 17.3 Å². The summed E-state index contributed by atoms with van der Waals surface area (Å²) in [6, 6.07) is 4.71. The summed E-state index contributed by atoms with van der Waals surface area (Å²) in [7, 11) is 0. The van der Waals surface area contributed by atoms with Crippen LogP contribution in [0.5, 0.6) is 0 Å². The number of benzene rings is 1. The van der Waals surface area contributed by atoms with Gasteiger partial charge < -0.3 is 15.9 Å². The monoisotopic (exact) mass is 233 g/mol. The molecule has 2 atom stereocenters. The van der Waals surface area contributed by atoms with Crippen LogP contribution < -0.4 is 5.73 Å². The highest BCUT2D eigenvalue weighted by molar-refractivity contribution is 7.80. The number of nitrogen functional groups attached to an aromatic ring is 1. The van der Waals surface area contributed by atoms with Crippen LogP contribution in [-0.4, -0.2) is 22.1 Å². The fourth-order valence-corrected chi connectivity index (χ4v) is 1.58. The van der Waals surface area contributed by atoms with Crippen LogP contribution in [0.1, 0.15) is 11.7 Å². The Kier molecular flexibility index (Phi) is 4.07. The fraction of sp³-hybridized carbons (Fsp3) is 0.333. The van der Waals surface area contributed by atoms with Crippen molar-refractivity contribution in [2.24, 2.45) is 0 Å². The summed E-state index contributed by atoms with van der Waals surface area (Å²) in [5, 5.41) is 19.4. The molecule has 5 heteroatoms. The molecule has 0 radical (unpaired) electrons. The summed E-state index contributed by atoms with van der Waals surface area (Å²) in [4.78, 5) is 0. The lowest BCUT2D eigenvalue weighted by Crippen LogP contribution is -2.19. The van der Waals surface area contributed by atoms with Crippen molar-refractivity contribution in [2.45, 2.75) is 12.2 Å². The predicted octanol–water partition coefficient (Wildman–Crippen LogP) is 1.25. The van der Waals surface area contributed by atoms with Crippen LogP contribution in [0.3, 0.4) is 0 Å². The minimum atomic E-state index is -1.01. The summed E-state index contributed by atoms with van der Waals surface area (Å²) in [5.74, 6) is 0.174. The second-order valence-electron chi connectivity index (χ2n) is 3.01. The molecule has 0 saturated heterocycles. The minimum absolute atomic E-state index is 0.174. The van der Waals surface area contributed by atoms with Crippen molar-refractivity contribution >= 4 is 29.9 Å². The maximum Gasteiger partial charge on any atom is 0.106 e. The lowest BCUT2D eigenvalue weighted by molar-refractivity contribution is 0.0338. The first-order valence-corrected chi connectivity index (χ1v) is 5.08. The summed E-state index contributed by atoms with van der Waals surface area (Å²) >= 11 is 9.63. The van der Waals surface area contributed by atoms with E-state index in [1.54, 1.807) is 18.2 Å². The van der Waals surface area contributed by atoms with Gasteiger partial charge in [-0.1, -0.05) is 11.6 Å². The third-order valence-corrected chi connectivity index (χ3v) is 2.43. The Hall–Kier alpha value is -0.420. The number of hydrogen-bond acceptors (Lipinski definition) is 4. The highest BCUT2D eigenvalue weighted by Crippen LogP contribution is 2.24. The zero-order valence-electron chi connectivity index (χ0n) is 7.39. The molecule has 0 heterocycles. The molecule has 3 nitrogen and oxygen atoms in total. The van der Waals surface area contributed by atoms with E-state index in [9.17, 15) is 10.2 Å². The molecule has 0 aliphatic rings. The lowest BCUT2D eigenvalue weighted by atomic mass is 10.0. The summed E-state index contributed by atoms with van der Waals surface area (Å²) in [6.07, 6.45) is -1.93. The van der Waals surface area contributed by atoms with E-state index < -0.39 is 12.2 Å². The number of nitrogens with two attached hydrogens (primary N) is 1. The molecule has 14 heavy (non-hydrogen) atoms. The van der Waals surface area contributed by atoms with Crippen molar-refractivity contribution in [3.8, 4) is 0 Å². The van der Waals surface area contributed by atoms with Gasteiger partial charge in [-0.25, -0.2) is 0 Å². The van der Waals surface area contributed by atoms with Crippen molar-refractivity contribution in [2.75, 3.05) is 11.5 Å². The van der Waals surface area contributed by atoms with Gasteiger partial charge in [-0.2, -0.15) is 12.6 Å². The Labute approximate surface area is 92.9 Å². The third kappa shape index (κ3) is 2.78. The Morgan fingerprint density at radius 2 is 2.00 bits per heavy atom. The highest BCUT2D eigenvalue weighted by Gasteiger charge is 2.17. The van der Waals surface area contributed by atoms with Gasteiger partial charge in [-0.05, 0) is 23.8 Å². The molecule has 0 saturated carbocycles. The van der Waals surface area contributed by atoms with Gasteiger partial charge in [0.05, 0.1) is 6.10 Å². The first kappa shape index (κ1) is 11.7. The number of hydrogen-bond donors (Lipinski definition) is 4. The number of aliphatic hydroxyl groups excluding tert-OH is 2. The number of halogens is 1. The molecule has 1 rings (SSSR count). The minimum Gasteiger partial charge on any atom is -0.399 e. The van der Waals surface area contributed by atoms with Gasteiger partial charge >= 0.3 is 0 Å². The SMILES string of the molecule is Nc1cc(Cl)cc(C(O)C(O)CS)c1. The molecule has 0 bridgehead atoms. The number of aliphatic hydroxyl groups is 2. The van der Waals surface area contributed by atoms with Gasteiger partial charge in [0.2, 0.25) is 0 Å². The van der Waals surface area contributed by atoms with E-state index in [1.807, 2.05) is 0 Å². The molecule has 1 aromatic carbocycles. The Bertz CT molecular complexity index is 301. The molecule has 0 aromatic heterocycles. The van der Waals surface area contributed by atoms with Crippen LogP contribution in [0.4, 0.5) is 5.69 Å². The zero-order valence-corrected chi connectivity index (χ0v) is 9.04. The van der Waals surface area contributed by atoms with E-state index in [0.717, 1.165) is 0 Å². The summed E-state index contributed by atoms with van der Waals surface area (Å²) in [6.45, 7) is 0. The first-order chi connectivity index (χ1) is 6.54. The van der Waals surface area contributed by atoms with Gasteiger partial charge in [0.1, 0.15) is 6.10 Å². The van der Waals surface area contributed by atoms with Gasteiger partial charge in [0.25, 0.3) is 0 Å². The number of anilines is 1. The molecule has 78 valence electrons. The molecular weight excluding hydrogens is 222 g/mol. The second-order valence-corrected chi connectivity index (χ2v) is 3.81. The quantitative estimate of drug-likeness (QED) is 0.469. The molecule has 0 aliphatic carbocycles. The van der Waals surface area contributed by atoms with Crippen LogP contribution in [0, 0.1) is 0 Å². The van der Waals surface area contributed by atoms with Crippen molar-refractivity contribution in [1.82, 2.24) is 0 Å². The Balaban J connectivity index is 2.94. The topological polar surface area (TPSA) is 66.5 Å². The molecule has 2 unspecified atom stereocenters. The highest BCUT2D eigenvalue weighted by atomic mass is 35.5. The smallest absolute Gasteiger partial charge is 0.106 e. The van der Waals surface area contributed by atoms with Crippen molar-refractivity contribution in [1.29, 1.82) is 0 Å². The molecular formula is C9H12ClNO2S. The van der Waals surface area contributed by atoms with Crippen LogP contribution in [0.2, 0.25) is 5.02 Å². The lowest BCUT2D eigenvalue weighted by Gasteiger charge is -2.16. The zero-order chi connectivity index (χ0) is 10.7. The molecule has 4 N–H and O–H groups in total. The average Bonchev–Trinajstić information content (AvgIpc) is 2.14. The largest absolute Gasteiger partial charge is 0.399 e. The molecule has 0 spiro atoms. The second kappa shape index (κ2) is 4.89. The predicted molar refractivity (Wildman–Crippen MR) is 60.7 cm³/mol. The average molecular weight is 234 g/mol. The maximum absolute atomic E-state index is 9.62. The van der Waals surface area contributed by atoms with Gasteiger partial charge in [-0.15, -0.1) is 0 Å². The maximum atomic E-state index is 9.62. The van der Waals surface area contributed by atoms with Gasteiger partial charge in [0, 0.05) is 16.5 Å². The van der Waals surface area contributed by atoms with E-state index in [-0.39, 0.29) is 5.75 Å². The fourth-order valence-electron chi connectivity index (χ4n) is 1.13. The molecule has 0 fully saturated rings. The standard InChI is InChI=1S/C9H12ClNO2S/c10-6-1-5(2-7(11)3-6)9(13)8(12)4-14/h1-3,8-9,12-14H,4,11H2. The van der Waals surface area contributed by atoms with Crippen molar-refractivity contribution in [3.05, 3.63) is 28.8 Å². The van der Waals surface area contributed by atoms with Gasteiger partial charge in [-0.3, -0.25) is 0 Å². The van der Waals surface area contributed by atoms with Crippen LogP contribution in [-0.2, 0) is 0 Å². The van der Waals surface area contributed by atoms with Crippen LogP contribution in [0.15, 0.2) is 18.2 Å². The Morgan fingerprint density at radius 3 is 2.50 bits per heavy atom. The van der Waals surface area contributed by atoms with Crippen LogP contribution in [0.25, 0.3) is 0 Å². The normalized spacial score (nSPS) is 15.1. The molecule has 0 aliphatic heterocycles. The van der Waals surface area contributed by atoms with E-state index >= 15 is 0 Å². The van der Waals surface area contributed by atoms with Gasteiger partial charge in [0.15, 0.2) is 0 Å². The van der Waals surface area contributed by atoms with Crippen molar-refractivity contribution < 1.29 is 10.2 Å². The number of thiol groups is 1. The summed E-state index contributed by atoms with van der Waals surface area (Å²) < 4.78 is 0. The molecule has 1 aromatic rings. The van der Waals surface area contributed by atoms with Crippen LogP contribution >= 0.6 is 24.2 Å². The molecule has 0 amide bonds. The number of rotatable bonds is 3. The summed E-state index contributed by atoms with van der Waals surface area (Å²) in [5.41, 5.74) is 6.50. The first-order valence-electron chi connectivity index (χ1n) is 4.07. The Morgan fingerprint density at radius 1 is 1.36 bits per heavy atom. The van der Waals surface area contributed by atoms with E-state index in [0.29, 0.717) is 16.3 Å². The third-order valence-electron chi connectivity index (χ3n) is 1.84. The van der Waals surface area contributed by atoms with E-state index in [1.165, 1.54) is 0 Å².